The van der Waals surface area contributed by atoms with Crippen molar-refractivity contribution in [3.8, 4) is 22.8 Å². The van der Waals surface area contributed by atoms with Crippen molar-refractivity contribution in [2.45, 2.75) is 26.8 Å². The van der Waals surface area contributed by atoms with Crippen LogP contribution in [0.3, 0.4) is 0 Å². The summed E-state index contributed by atoms with van der Waals surface area (Å²) in [7, 11) is 0. The van der Waals surface area contributed by atoms with E-state index in [1.165, 1.54) is 12.3 Å². The Kier molecular flexibility index (Phi) is 5.89. The fraction of sp³-hybridized carbons (Fsp3) is 0.160. The Morgan fingerprint density at radius 3 is 2.69 bits per heavy atom. The predicted molar refractivity (Wildman–Crippen MR) is 133 cm³/mol. The molecule has 0 radical (unpaired) electrons. The van der Waals surface area contributed by atoms with Crippen LogP contribution >= 0.6 is 11.6 Å². The van der Waals surface area contributed by atoms with Gasteiger partial charge in [-0.15, -0.1) is 0 Å². The van der Waals surface area contributed by atoms with Crippen LogP contribution in [0.5, 0.6) is 0 Å². The molecule has 0 fully saturated rings. The minimum Gasteiger partial charge on any atom is -0.455 e. The van der Waals surface area contributed by atoms with E-state index in [0.29, 0.717) is 22.2 Å². The first-order valence-corrected chi connectivity index (χ1v) is 11.3. The van der Waals surface area contributed by atoms with Crippen LogP contribution < -0.4 is 16.5 Å². The van der Waals surface area contributed by atoms with Gasteiger partial charge < -0.3 is 9.73 Å². The third-order valence-corrected chi connectivity index (χ3v) is 5.97. The highest BCUT2D eigenvalue weighted by Crippen LogP contribution is 2.34. The molecule has 0 saturated carbocycles. The average Bonchev–Trinajstić information content (AvgIpc) is 3.29. The monoisotopic (exact) mass is 507 g/mol. The van der Waals surface area contributed by atoms with Crippen LogP contribution in [0.4, 0.5) is 10.1 Å². The molecule has 0 aliphatic rings. The SMILES string of the molecule is Cc1cc([C@@H](C)Nc2ccc(Cl)nc2-c2noc(=O)[nH]2)c2oc(-c3cccnc3F)c(C)c(=O)c2c1. The van der Waals surface area contributed by atoms with Crippen molar-refractivity contribution in [2.75, 3.05) is 5.32 Å². The van der Waals surface area contributed by atoms with Gasteiger partial charge in [-0.05, 0) is 56.7 Å². The highest BCUT2D eigenvalue weighted by atomic mass is 35.5. The number of anilines is 1. The highest BCUT2D eigenvalue weighted by Gasteiger charge is 2.22. The molecule has 36 heavy (non-hydrogen) atoms. The molecule has 1 aromatic carbocycles. The van der Waals surface area contributed by atoms with Crippen LogP contribution in [0, 0.1) is 19.8 Å². The van der Waals surface area contributed by atoms with E-state index in [0.717, 1.165) is 5.56 Å². The number of H-pyrrole nitrogens is 1. The number of fused-ring (bicyclic) bond motifs is 1. The van der Waals surface area contributed by atoms with Crippen molar-refractivity contribution in [3.05, 3.63) is 91.2 Å². The molecule has 0 unspecified atom stereocenters. The Morgan fingerprint density at radius 1 is 1.17 bits per heavy atom. The van der Waals surface area contributed by atoms with Crippen LogP contribution in [-0.4, -0.2) is 20.1 Å². The van der Waals surface area contributed by atoms with Gasteiger partial charge in [0.15, 0.2) is 5.43 Å². The van der Waals surface area contributed by atoms with E-state index < -0.39 is 17.7 Å². The number of aromatic nitrogens is 4. The maximum Gasteiger partial charge on any atom is 0.439 e. The number of hydrogen-bond acceptors (Lipinski definition) is 8. The van der Waals surface area contributed by atoms with E-state index in [1.54, 1.807) is 31.2 Å². The summed E-state index contributed by atoms with van der Waals surface area (Å²) in [6.07, 6.45) is 1.33. The van der Waals surface area contributed by atoms with Crippen LogP contribution in [0.25, 0.3) is 33.8 Å². The molecule has 11 heteroatoms. The third-order valence-electron chi connectivity index (χ3n) is 5.76. The van der Waals surface area contributed by atoms with Crippen molar-refractivity contribution in [2.24, 2.45) is 0 Å². The zero-order valence-corrected chi connectivity index (χ0v) is 20.1. The van der Waals surface area contributed by atoms with Crippen molar-refractivity contribution in [1.29, 1.82) is 0 Å². The van der Waals surface area contributed by atoms with Crippen LogP contribution in [0.1, 0.15) is 29.7 Å². The zero-order chi connectivity index (χ0) is 25.6. The number of benzene rings is 1. The van der Waals surface area contributed by atoms with Crippen molar-refractivity contribution in [1.82, 2.24) is 20.1 Å². The molecule has 0 saturated heterocycles. The Labute approximate surface area is 208 Å². The highest BCUT2D eigenvalue weighted by molar-refractivity contribution is 6.29. The van der Waals surface area contributed by atoms with Crippen molar-refractivity contribution in [3.63, 3.8) is 0 Å². The minimum atomic E-state index is -0.735. The number of rotatable bonds is 5. The molecule has 1 atom stereocenters. The number of pyridine rings is 2. The molecule has 0 spiro atoms. The smallest absolute Gasteiger partial charge is 0.439 e. The first-order valence-electron chi connectivity index (χ1n) is 10.9. The first-order chi connectivity index (χ1) is 17.2. The molecular formula is C25H19ClFN5O4. The molecule has 0 aliphatic carbocycles. The van der Waals surface area contributed by atoms with Gasteiger partial charge in [0.25, 0.3) is 0 Å². The number of aromatic amines is 1. The first kappa shape index (κ1) is 23.4. The number of aryl methyl sites for hydroxylation is 1. The fourth-order valence-electron chi connectivity index (χ4n) is 4.08. The van der Waals surface area contributed by atoms with E-state index >= 15 is 0 Å². The van der Waals surface area contributed by atoms with Crippen LogP contribution in [0.15, 0.2) is 61.1 Å². The third kappa shape index (κ3) is 4.16. The topological polar surface area (TPSA) is 127 Å². The molecular weight excluding hydrogens is 489 g/mol. The van der Waals surface area contributed by atoms with Gasteiger partial charge >= 0.3 is 5.76 Å². The van der Waals surface area contributed by atoms with Crippen LogP contribution in [0.2, 0.25) is 5.15 Å². The molecule has 4 aromatic heterocycles. The lowest BCUT2D eigenvalue weighted by molar-refractivity contribution is 0.388. The molecule has 0 aliphatic heterocycles. The number of halogens is 2. The summed E-state index contributed by atoms with van der Waals surface area (Å²) in [6.45, 7) is 5.33. The summed E-state index contributed by atoms with van der Waals surface area (Å²) in [5, 5.41) is 7.58. The van der Waals surface area contributed by atoms with Crippen molar-refractivity contribution >= 4 is 28.3 Å². The van der Waals surface area contributed by atoms with Gasteiger partial charge in [-0.2, -0.15) is 4.39 Å². The van der Waals surface area contributed by atoms with Gasteiger partial charge in [0.1, 0.15) is 22.2 Å². The molecule has 0 amide bonds. The van der Waals surface area contributed by atoms with Gasteiger partial charge in [-0.3, -0.25) is 14.3 Å². The number of nitrogens with zero attached hydrogens (tertiary/aromatic N) is 3. The standard InChI is InChI=1S/C25H19ClFN5O4/c1-11-9-15(13(3)29-17-6-7-18(26)30-19(17)24-31-25(34)36-32-24)22-16(10-11)20(33)12(2)21(35-22)14-5-4-8-28-23(14)27/h4-10,13,29H,1-3H3,(H,31,32,34)/t13-/m1/s1. The lowest BCUT2D eigenvalue weighted by Gasteiger charge is -2.20. The van der Waals surface area contributed by atoms with Gasteiger partial charge in [0.05, 0.1) is 22.7 Å². The van der Waals surface area contributed by atoms with E-state index in [1.807, 2.05) is 19.9 Å². The van der Waals surface area contributed by atoms with E-state index in [-0.39, 0.29) is 39.0 Å². The summed E-state index contributed by atoms with van der Waals surface area (Å²) in [5.74, 6) is -1.25. The summed E-state index contributed by atoms with van der Waals surface area (Å²) in [6, 6.07) is 9.55. The largest absolute Gasteiger partial charge is 0.455 e. The molecule has 5 aromatic rings. The minimum absolute atomic E-state index is 0.0975. The normalized spacial score (nSPS) is 12.1. The quantitative estimate of drug-likeness (QED) is 0.312. The number of nitrogens with one attached hydrogen (secondary N) is 2. The summed E-state index contributed by atoms with van der Waals surface area (Å²) >= 11 is 6.07. The molecule has 2 N–H and O–H groups in total. The van der Waals surface area contributed by atoms with E-state index in [9.17, 15) is 14.0 Å². The summed E-state index contributed by atoms with van der Waals surface area (Å²) in [5.41, 5.74) is 2.70. The lowest BCUT2D eigenvalue weighted by atomic mass is 9.99. The Morgan fingerprint density at radius 2 is 1.97 bits per heavy atom. The predicted octanol–water partition coefficient (Wildman–Crippen LogP) is 5.18. The molecule has 4 heterocycles. The second-order valence-corrected chi connectivity index (χ2v) is 8.68. The Hall–Kier alpha value is -4.31. The average molecular weight is 508 g/mol. The molecule has 9 nitrogen and oxygen atoms in total. The van der Waals surface area contributed by atoms with Gasteiger partial charge in [-0.1, -0.05) is 22.8 Å². The summed E-state index contributed by atoms with van der Waals surface area (Å²) in [4.78, 5) is 35.2. The summed E-state index contributed by atoms with van der Waals surface area (Å²) < 4.78 is 25.3. The van der Waals surface area contributed by atoms with Gasteiger partial charge in [0, 0.05) is 17.3 Å². The molecule has 182 valence electrons. The Balaban J connectivity index is 1.66. The Bertz CT molecular complexity index is 1740. The van der Waals surface area contributed by atoms with Gasteiger partial charge in [0.2, 0.25) is 11.8 Å². The van der Waals surface area contributed by atoms with Crippen molar-refractivity contribution < 1.29 is 13.3 Å². The fourth-order valence-corrected chi connectivity index (χ4v) is 4.22. The maximum absolute atomic E-state index is 14.5. The van der Waals surface area contributed by atoms with Crippen LogP contribution in [-0.2, 0) is 0 Å². The van der Waals surface area contributed by atoms with E-state index in [4.69, 9.17) is 16.0 Å². The second kappa shape index (κ2) is 9.04. The maximum atomic E-state index is 14.5. The lowest BCUT2D eigenvalue weighted by Crippen LogP contribution is -2.13. The molecule has 0 bridgehead atoms. The number of hydrogen-bond donors (Lipinski definition) is 2. The van der Waals surface area contributed by atoms with Gasteiger partial charge in [-0.25, -0.2) is 14.8 Å². The second-order valence-electron chi connectivity index (χ2n) is 8.30. The zero-order valence-electron chi connectivity index (χ0n) is 19.3. The molecule has 5 rings (SSSR count). The van der Waals surface area contributed by atoms with E-state index in [2.05, 4.69) is 29.9 Å².